The highest BCUT2D eigenvalue weighted by Crippen LogP contribution is 2.26. The van der Waals surface area contributed by atoms with Gasteiger partial charge < -0.3 is 15.2 Å². The summed E-state index contributed by atoms with van der Waals surface area (Å²) < 4.78 is 24.3. The number of esters is 1. The number of carbonyl (C=O) groups is 1. The maximum atomic E-state index is 13.6. The first-order valence-corrected chi connectivity index (χ1v) is 8.50. The quantitative estimate of drug-likeness (QED) is 0.731. The number of aryl methyl sites for hydroxylation is 2. The van der Waals surface area contributed by atoms with Gasteiger partial charge in [0.05, 0.1) is 6.61 Å². The zero-order chi connectivity index (χ0) is 18.2. The predicted molar refractivity (Wildman–Crippen MR) is 95.1 cm³/mol. The van der Waals surface area contributed by atoms with Crippen LogP contribution in [0.1, 0.15) is 37.0 Å². The zero-order valence-corrected chi connectivity index (χ0v) is 14.7. The fraction of sp³-hybridized carbons (Fsp3) is 0.350. The van der Waals surface area contributed by atoms with Crippen LogP contribution in [0, 0.1) is 5.82 Å². The molecule has 5 heteroatoms. The molecule has 4 nitrogen and oxygen atoms in total. The second-order valence-electron chi connectivity index (χ2n) is 5.69. The first kappa shape index (κ1) is 18.9. The Labute approximate surface area is 147 Å². The van der Waals surface area contributed by atoms with Crippen LogP contribution in [-0.2, 0) is 28.9 Å². The molecule has 0 aliphatic heterocycles. The fourth-order valence-electron chi connectivity index (χ4n) is 2.64. The van der Waals surface area contributed by atoms with Crippen LogP contribution in [0.4, 0.5) is 4.39 Å². The summed E-state index contributed by atoms with van der Waals surface area (Å²) in [5, 5.41) is 0. The van der Waals surface area contributed by atoms with Crippen molar-refractivity contribution in [2.24, 2.45) is 5.73 Å². The normalized spacial score (nSPS) is 10.6. The Morgan fingerprint density at radius 3 is 2.56 bits per heavy atom. The summed E-state index contributed by atoms with van der Waals surface area (Å²) >= 11 is 0. The lowest BCUT2D eigenvalue weighted by atomic mass is 10.0. The maximum absolute atomic E-state index is 13.6. The Morgan fingerprint density at radius 2 is 1.88 bits per heavy atom. The van der Waals surface area contributed by atoms with Gasteiger partial charge in [0, 0.05) is 19.0 Å². The molecule has 0 saturated heterocycles. The van der Waals surface area contributed by atoms with E-state index in [9.17, 15) is 9.18 Å². The topological polar surface area (TPSA) is 61.5 Å². The van der Waals surface area contributed by atoms with Gasteiger partial charge in [-0.3, -0.25) is 4.79 Å². The van der Waals surface area contributed by atoms with Gasteiger partial charge in [-0.05, 0) is 60.7 Å². The Morgan fingerprint density at radius 1 is 1.08 bits per heavy atom. The van der Waals surface area contributed by atoms with Gasteiger partial charge in [0.1, 0.15) is 17.3 Å². The molecular weight excluding hydrogens is 321 g/mol. The van der Waals surface area contributed by atoms with E-state index in [1.165, 1.54) is 12.1 Å². The molecule has 0 fully saturated rings. The van der Waals surface area contributed by atoms with Crippen molar-refractivity contribution < 1.29 is 18.7 Å². The molecular formula is C20H24FNO3. The number of halogens is 1. The van der Waals surface area contributed by atoms with Gasteiger partial charge in [-0.2, -0.15) is 0 Å². The molecule has 2 rings (SSSR count). The average Bonchev–Trinajstić information content (AvgIpc) is 2.60. The first-order valence-electron chi connectivity index (χ1n) is 8.50. The van der Waals surface area contributed by atoms with Gasteiger partial charge >= 0.3 is 5.97 Å². The summed E-state index contributed by atoms with van der Waals surface area (Å²) in [7, 11) is 0. The van der Waals surface area contributed by atoms with Crippen molar-refractivity contribution in [3.63, 3.8) is 0 Å². The Kier molecular flexibility index (Phi) is 6.95. The predicted octanol–water partition coefficient (Wildman–Crippen LogP) is 4.13. The highest BCUT2D eigenvalue weighted by molar-refractivity contribution is 5.69. The molecule has 0 radical (unpaired) electrons. The van der Waals surface area contributed by atoms with Gasteiger partial charge in [0.2, 0.25) is 0 Å². The van der Waals surface area contributed by atoms with Crippen molar-refractivity contribution in [3.8, 4) is 11.5 Å². The lowest BCUT2D eigenvalue weighted by Crippen LogP contribution is -2.06. The van der Waals surface area contributed by atoms with Crippen molar-refractivity contribution in [1.29, 1.82) is 0 Å². The molecule has 25 heavy (non-hydrogen) atoms. The largest absolute Gasteiger partial charge is 0.466 e. The van der Waals surface area contributed by atoms with Crippen molar-refractivity contribution in [1.82, 2.24) is 0 Å². The summed E-state index contributed by atoms with van der Waals surface area (Å²) in [6.07, 6.45) is 1.79. The summed E-state index contributed by atoms with van der Waals surface area (Å²) in [5.74, 6) is 0.478. The highest BCUT2D eigenvalue weighted by atomic mass is 19.1. The molecule has 0 bridgehead atoms. The average molecular weight is 345 g/mol. The molecule has 0 saturated carbocycles. The summed E-state index contributed by atoms with van der Waals surface area (Å²) in [6.45, 7) is 4.48. The molecule has 0 aliphatic carbocycles. The lowest BCUT2D eigenvalue weighted by molar-refractivity contribution is -0.143. The van der Waals surface area contributed by atoms with E-state index < -0.39 is 0 Å². The number of nitrogens with two attached hydrogens (primary N) is 1. The fourth-order valence-corrected chi connectivity index (χ4v) is 2.64. The van der Waals surface area contributed by atoms with E-state index in [-0.39, 0.29) is 18.3 Å². The van der Waals surface area contributed by atoms with Crippen LogP contribution in [0.2, 0.25) is 0 Å². The molecule has 2 N–H and O–H groups in total. The van der Waals surface area contributed by atoms with Crippen LogP contribution in [0.25, 0.3) is 0 Å². The Hall–Kier alpha value is -2.40. The minimum atomic E-state index is -0.375. The SMILES string of the molecule is CCOC(=O)CCc1ccc(Oc2cc(F)cc(CN)c2)cc1CC. The van der Waals surface area contributed by atoms with E-state index in [0.29, 0.717) is 36.5 Å². The minimum Gasteiger partial charge on any atom is -0.466 e. The molecule has 2 aromatic rings. The van der Waals surface area contributed by atoms with Crippen LogP contribution >= 0.6 is 0 Å². The summed E-state index contributed by atoms with van der Waals surface area (Å²) in [4.78, 5) is 11.5. The number of benzene rings is 2. The monoisotopic (exact) mass is 345 g/mol. The van der Waals surface area contributed by atoms with E-state index in [1.807, 2.05) is 25.1 Å². The van der Waals surface area contributed by atoms with Crippen molar-refractivity contribution >= 4 is 5.97 Å². The zero-order valence-electron chi connectivity index (χ0n) is 14.7. The van der Waals surface area contributed by atoms with Crippen LogP contribution < -0.4 is 10.5 Å². The van der Waals surface area contributed by atoms with E-state index >= 15 is 0 Å². The number of hydrogen-bond acceptors (Lipinski definition) is 4. The number of hydrogen-bond donors (Lipinski definition) is 1. The molecule has 0 unspecified atom stereocenters. The van der Waals surface area contributed by atoms with Crippen molar-refractivity contribution in [2.45, 2.75) is 39.7 Å². The van der Waals surface area contributed by atoms with Crippen LogP contribution in [-0.4, -0.2) is 12.6 Å². The smallest absolute Gasteiger partial charge is 0.306 e. The molecule has 0 amide bonds. The summed E-state index contributed by atoms with van der Waals surface area (Å²) in [6, 6.07) is 10.1. The molecule has 0 aromatic heterocycles. The van der Waals surface area contributed by atoms with Gasteiger partial charge in [0.15, 0.2) is 0 Å². The van der Waals surface area contributed by atoms with Crippen molar-refractivity contribution in [3.05, 3.63) is 58.9 Å². The van der Waals surface area contributed by atoms with Gasteiger partial charge in [-0.25, -0.2) is 4.39 Å². The summed E-state index contributed by atoms with van der Waals surface area (Å²) in [5.41, 5.74) is 8.43. The molecule has 0 aliphatic rings. The third-order valence-electron chi connectivity index (χ3n) is 3.86. The van der Waals surface area contributed by atoms with Gasteiger partial charge in [-0.15, -0.1) is 0 Å². The Balaban J connectivity index is 2.13. The second-order valence-corrected chi connectivity index (χ2v) is 5.69. The number of carbonyl (C=O) groups excluding carboxylic acids is 1. The molecule has 0 spiro atoms. The van der Waals surface area contributed by atoms with E-state index in [2.05, 4.69) is 0 Å². The molecule has 0 atom stereocenters. The van der Waals surface area contributed by atoms with E-state index in [1.54, 1.807) is 13.0 Å². The maximum Gasteiger partial charge on any atom is 0.306 e. The lowest BCUT2D eigenvalue weighted by Gasteiger charge is -2.12. The van der Waals surface area contributed by atoms with Crippen LogP contribution in [0.3, 0.4) is 0 Å². The molecule has 2 aromatic carbocycles. The third-order valence-corrected chi connectivity index (χ3v) is 3.86. The number of rotatable bonds is 8. The minimum absolute atomic E-state index is 0.195. The van der Waals surface area contributed by atoms with Crippen LogP contribution in [0.15, 0.2) is 36.4 Å². The Bertz CT molecular complexity index is 731. The van der Waals surface area contributed by atoms with E-state index in [0.717, 1.165) is 17.5 Å². The van der Waals surface area contributed by atoms with Crippen LogP contribution in [0.5, 0.6) is 11.5 Å². The molecule has 134 valence electrons. The van der Waals surface area contributed by atoms with Crippen molar-refractivity contribution in [2.75, 3.05) is 6.61 Å². The van der Waals surface area contributed by atoms with E-state index in [4.69, 9.17) is 15.2 Å². The third kappa shape index (κ3) is 5.57. The van der Waals surface area contributed by atoms with Gasteiger partial charge in [0.25, 0.3) is 0 Å². The number of ether oxygens (including phenoxy) is 2. The standard InChI is InChI=1S/C20H24FNO3/c1-3-15-11-18(7-5-16(15)6-8-20(23)24-4-2)25-19-10-14(13-22)9-17(21)12-19/h5,7,9-12H,3-4,6,8,13,22H2,1-2H3. The highest BCUT2D eigenvalue weighted by Gasteiger charge is 2.09. The molecule has 0 heterocycles. The first-order chi connectivity index (χ1) is 12.0. The second kappa shape index (κ2) is 9.18. The van der Waals surface area contributed by atoms with Gasteiger partial charge in [-0.1, -0.05) is 13.0 Å².